The highest BCUT2D eigenvalue weighted by atomic mass is 35.5. The maximum Gasteiger partial charge on any atom is 0.131 e. The average Bonchev–Trinajstić information content (AvgIpc) is 2.28. The lowest BCUT2D eigenvalue weighted by Crippen LogP contribution is -2.28. The Bertz CT molecular complexity index is 371. The molecule has 0 saturated carbocycles. The predicted molar refractivity (Wildman–Crippen MR) is 65.5 cm³/mol. The second-order valence-corrected chi connectivity index (χ2v) is 4.94. The third-order valence-corrected chi connectivity index (χ3v) is 3.74. The van der Waals surface area contributed by atoms with Crippen LogP contribution in [-0.4, -0.2) is 6.54 Å². The van der Waals surface area contributed by atoms with Crippen LogP contribution in [0, 0.1) is 19.7 Å². The summed E-state index contributed by atoms with van der Waals surface area (Å²) in [4.78, 5) is 0. The van der Waals surface area contributed by atoms with Crippen molar-refractivity contribution in [2.24, 2.45) is 0 Å². The summed E-state index contributed by atoms with van der Waals surface area (Å²) in [6.45, 7) is 4.64. The number of aryl methyl sites for hydroxylation is 1. The Kier molecular flexibility index (Phi) is 3.50. The van der Waals surface area contributed by atoms with Gasteiger partial charge in [-0.2, -0.15) is 0 Å². The SMILES string of the molecule is Cc1cc(Cl)c(C)c(C2CCCCN2)c1F. The highest BCUT2D eigenvalue weighted by Crippen LogP contribution is 2.33. The number of halogens is 2. The van der Waals surface area contributed by atoms with Crippen LogP contribution in [0.5, 0.6) is 0 Å². The van der Waals surface area contributed by atoms with Crippen LogP contribution in [0.15, 0.2) is 6.07 Å². The molecule has 1 aromatic carbocycles. The second-order valence-electron chi connectivity index (χ2n) is 4.53. The van der Waals surface area contributed by atoms with Gasteiger partial charge in [-0.05, 0) is 50.4 Å². The Hall–Kier alpha value is -0.600. The second kappa shape index (κ2) is 4.72. The number of rotatable bonds is 1. The summed E-state index contributed by atoms with van der Waals surface area (Å²) in [5.41, 5.74) is 2.28. The van der Waals surface area contributed by atoms with Gasteiger partial charge in [0.05, 0.1) is 0 Å². The van der Waals surface area contributed by atoms with E-state index in [-0.39, 0.29) is 11.9 Å². The highest BCUT2D eigenvalue weighted by molar-refractivity contribution is 6.31. The van der Waals surface area contributed by atoms with Crippen LogP contribution in [0.1, 0.15) is 42.0 Å². The Morgan fingerprint density at radius 3 is 2.75 bits per heavy atom. The van der Waals surface area contributed by atoms with E-state index in [0.717, 1.165) is 30.5 Å². The topological polar surface area (TPSA) is 12.0 Å². The minimum Gasteiger partial charge on any atom is -0.310 e. The van der Waals surface area contributed by atoms with Crippen molar-refractivity contribution in [2.75, 3.05) is 6.54 Å². The van der Waals surface area contributed by atoms with E-state index in [1.165, 1.54) is 6.42 Å². The molecule has 16 heavy (non-hydrogen) atoms. The van der Waals surface area contributed by atoms with Gasteiger partial charge in [-0.25, -0.2) is 4.39 Å². The first-order chi connectivity index (χ1) is 7.61. The molecule has 1 nitrogen and oxygen atoms in total. The van der Waals surface area contributed by atoms with Crippen LogP contribution in [0.4, 0.5) is 4.39 Å². The zero-order valence-electron chi connectivity index (χ0n) is 9.74. The fraction of sp³-hybridized carbons (Fsp3) is 0.538. The molecule has 2 rings (SSSR count). The number of hydrogen-bond donors (Lipinski definition) is 1. The molecule has 1 saturated heterocycles. The number of benzene rings is 1. The van der Waals surface area contributed by atoms with Crippen molar-refractivity contribution in [1.82, 2.24) is 5.32 Å². The van der Waals surface area contributed by atoms with Gasteiger partial charge in [0, 0.05) is 16.6 Å². The number of nitrogens with one attached hydrogen (secondary N) is 1. The van der Waals surface area contributed by atoms with Crippen molar-refractivity contribution in [3.63, 3.8) is 0 Å². The summed E-state index contributed by atoms with van der Waals surface area (Å²) in [6, 6.07) is 1.84. The standard InChI is InChI=1S/C13H17ClFN/c1-8-7-10(14)9(2)12(13(8)15)11-5-3-4-6-16-11/h7,11,16H,3-6H2,1-2H3. The van der Waals surface area contributed by atoms with Crippen molar-refractivity contribution < 1.29 is 4.39 Å². The first-order valence-electron chi connectivity index (χ1n) is 5.79. The van der Waals surface area contributed by atoms with E-state index >= 15 is 0 Å². The van der Waals surface area contributed by atoms with Gasteiger partial charge in [0.2, 0.25) is 0 Å². The van der Waals surface area contributed by atoms with E-state index in [9.17, 15) is 4.39 Å². The van der Waals surface area contributed by atoms with E-state index in [1.54, 1.807) is 13.0 Å². The quantitative estimate of drug-likeness (QED) is 0.786. The summed E-state index contributed by atoms with van der Waals surface area (Å²) in [7, 11) is 0. The predicted octanol–water partition coefficient (Wildman–Crippen LogP) is 3.91. The van der Waals surface area contributed by atoms with Crippen molar-refractivity contribution in [2.45, 2.75) is 39.2 Å². The van der Waals surface area contributed by atoms with Crippen LogP contribution < -0.4 is 5.32 Å². The lowest BCUT2D eigenvalue weighted by atomic mass is 9.92. The minimum atomic E-state index is -0.0960. The third kappa shape index (κ3) is 2.09. The number of piperidine rings is 1. The van der Waals surface area contributed by atoms with E-state index < -0.39 is 0 Å². The Labute approximate surface area is 101 Å². The van der Waals surface area contributed by atoms with E-state index in [2.05, 4.69) is 5.32 Å². The van der Waals surface area contributed by atoms with E-state index in [4.69, 9.17) is 11.6 Å². The van der Waals surface area contributed by atoms with Gasteiger partial charge in [0.15, 0.2) is 0 Å². The molecule has 0 radical (unpaired) electrons. The van der Waals surface area contributed by atoms with Crippen molar-refractivity contribution >= 4 is 11.6 Å². The summed E-state index contributed by atoms with van der Waals surface area (Å²) in [5, 5.41) is 4.04. The van der Waals surface area contributed by atoms with Gasteiger partial charge in [-0.1, -0.05) is 18.0 Å². The molecule has 1 unspecified atom stereocenters. The first kappa shape index (κ1) is 11.9. The first-order valence-corrected chi connectivity index (χ1v) is 6.17. The summed E-state index contributed by atoms with van der Waals surface area (Å²) < 4.78 is 14.1. The molecular formula is C13H17ClFN. The van der Waals surface area contributed by atoms with Gasteiger partial charge in [-0.15, -0.1) is 0 Å². The molecule has 1 aliphatic heterocycles. The normalized spacial score (nSPS) is 21.1. The molecule has 1 heterocycles. The maximum atomic E-state index is 14.1. The van der Waals surface area contributed by atoms with Gasteiger partial charge in [-0.3, -0.25) is 0 Å². The van der Waals surface area contributed by atoms with Gasteiger partial charge < -0.3 is 5.32 Å². The molecule has 1 aromatic rings. The van der Waals surface area contributed by atoms with Crippen LogP contribution in [0.2, 0.25) is 5.02 Å². The average molecular weight is 242 g/mol. The van der Waals surface area contributed by atoms with Crippen molar-refractivity contribution in [3.05, 3.63) is 33.6 Å². The molecule has 0 bridgehead atoms. The maximum absolute atomic E-state index is 14.1. The fourth-order valence-electron chi connectivity index (χ4n) is 2.38. The Morgan fingerprint density at radius 1 is 1.38 bits per heavy atom. The van der Waals surface area contributed by atoms with Crippen LogP contribution in [0.3, 0.4) is 0 Å². The smallest absolute Gasteiger partial charge is 0.131 e. The lowest BCUT2D eigenvalue weighted by Gasteiger charge is -2.26. The van der Waals surface area contributed by atoms with Gasteiger partial charge in [0.1, 0.15) is 5.82 Å². The largest absolute Gasteiger partial charge is 0.310 e. The van der Waals surface area contributed by atoms with Crippen LogP contribution in [0.25, 0.3) is 0 Å². The third-order valence-electron chi connectivity index (χ3n) is 3.35. The zero-order chi connectivity index (χ0) is 11.7. The number of hydrogen-bond acceptors (Lipinski definition) is 1. The zero-order valence-corrected chi connectivity index (χ0v) is 10.5. The molecule has 0 aromatic heterocycles. The van der Waals surface area contributed by atoms with Crippen molar-refractivity contribution in [1.29, 1.82) is 0 Å². The molecule has 0 aliphatic carbocycles. The summed E-state index contributed by atoms with van der Waals surface area (Å²) in [5.74, 6) is -0.0960. The Morgan fingerprint density at radius 2 is 2.12 bits per heavy atom. The molecule has 1 atom stereocenters. The molecule has 1 N–H and O–H groups in total. The molecule has 0 amide bonds. The molecule has 88 valence electrons. The molecule has 1 fully saturated rings. The van der Waals surface area contributed by atoms with Crippen LogP contribution in [-0.2, 0) is 0 Å². The highest BCUT2D eigenvalue weighted by Gasteiger charge is 2.22. The molecule has 0 spiro atoms. The Balaban J connectivity index is 2.45. The summed E-state index contributed by atoms with van der Waals surface area (Å²) >= 11 is 6.12. The van der Waals surface area contributed by atoms with Gasteiger partial charge >= 0.3 is 0 Å². The monoisotopic (exact) mass is 241 g/mol. The van der Waals surface area contributed by atoms with E-state index in [1.807, 2.05) is 6.92 Å². The van der Waals surface area contributed by atoms with E-state index in [0.29, 0.717) is 10.6 Å². The molecule has 1 aliphatic rings. The van der Waals surface area contributed by atoms with Crippen LogP contribution >= 0.6 is 11.6 Å². The van der Waals surface area contributed by atoms with Crippen molar-refractivity contribution in [3.8, 4) is 0 Å². The summed E-state index contributed by atoms with van der Waals surface area (Å²) in [6.07, 6.45) is 3.33. The van der Waals surface area contributed by atoms with Gasteiger partial charge in [0.25, 0.3) is 0 Å². The molecule has 3 heteroatoms. The lowest BCUT2D eigenvalue weighted by molar-refractivity contribution is 0.397. The fourth-order valence-corrected chi connectivity index (χ4v) is 2.65. The minimum absolute atomic E-state index is 0.0960. The molecular weight excluding hydrogens is 225 g/mol.